The summed E-state index contributed by atoms with van der Waals surface area (Å²) in [5.41, 5.74) is -0.908. The van der Waals surface area contributed by atoms with E-state index in [9.17, 15) is 19.2 Å². The van der Waals surface area contributed by atoms with E-state index in [1.54, 1.807) is 20.8 Å². The van der Waals surface area contributed by atoms with E-state index in [2.05, 4.69) is 5.32 Å². The number of nitrogens with zero attached hydrogens (tertiary/aromatic N) is 1. The van der Waals surface area contributed by atoms with Crippen molar-refractivity contribution in [1.29, 1.82) is 0 Å². The zero-order valence-electron chi connectivity index (χ0n) is 16.4. The number of carboxylic acid groups (broad SMARTS) is 1. The highest BCUT2D eigenvalue weighted by Gasteiger charge is 2.47. The second-order valence-corrected chi connectivity index (χ2v) is 8.69. The minimum atomic E-state index is -1.10. The minimum absolute atomic E-state index is 0.0931. The van der Waals surface area contributed by atoms with Crippen molar-refractivity contribution in [1.82, 2.24) is 10.2 Å². The monoisotopic (exact) mass is 382 g/mol. The van der Waals surface area contributed by atoms with Crippen molar-refractivity contribution in [2.45, 2.75) is 83.8 Å². The van der Waals surface area contributed by atoms with Gasteiger partial charge in [0, 0.05) is 19.4 Å². The number of hydrogen-bond donors (Lipinski definition) is 2. The Morgan fingerprint density at radius 3 is 2.41 bits per heavy atom. The van der Waals surface area contributed by atoms with Gasteiger partial charge >= 0.3 is 12.1 Å². The summed E-state index contributed by atoms with van der Waals surface area (Å²) >= 11 is 0. The quantitative estimate of drug-likeness (QED) is 0.755. The number of aliphatic carboxylic acids is 1. The van der Waals surface area contributed by atoms with Crippen molar-refractivity contribution < 1.29 is 29.0 Å². The molecule has 152 valence electrons. The predicted octanol–water partition coefficient (Wildman–Crippen LogP) is 2.45. The van der Waals surface area contributed by atoms with Crippen LogP contribution in [0, 0.1) is 5.41 Å². The third-order valence-corrected chi connectivity index (χ3v) is 5.14. The maximum Gasteiger partial charge on any atom is 0.408 e. The van der Waals surface area contributed by atoms with Crippen LogP contribution in [0.2, 0.25) is 0 Å². The van der Waals surface area contributed by atoms with Gasteiger partial charge in [0.2, 0.25) is 5.91 Å². The summed E-state index contributed by atoms with van der Waals surface area (Å²) < 4.78 is 5.17. The fraction of sp³-hybridized carbons (Fsp3) is 0.789. The minimum Gasteiger partial charge on any atom is -0.481 e. The summed E-state index contributed by atoms with van der Waals surface area (Å²) in [6.07, 6.45) is 4.24. The topological polar surface area (TPSA) is 113 Å². The van der Waals surface area contributed by atoms with E-state index in [1.165, 1.54) is 4.90 Å². The summed E-state index contributed by atoms with van der Waals surface area (Å²) in [7, 11) is 0. The van der Waals surface area contributed by atoms with Crippen molar-refractivity contribution in [3.05, 3.63) is 0 Å². The lowest BCUT2D eigenvalue weighted by atomic mass is 9.73. The Kier molecular flexibility index (Phi) is 6.49. The molecule has 1 atom stereocenters. The number of hydrogen-bond acceptors (Lipinski definition) is 5. The zero-order valence-corrected chi connectivity index (χ0v) is 16.4. The molecule has 1 aliphatic carbocycles. The number of carbonyl (C=O) groups is 4. The Balaban J connectivity index is 2.09. The van der Waals surface area contributed by atoms with Crippen molar-refractivity contribution >= 4 is 23.9 Å². The first-order chi connectivity index (χ1) is 12.5. The van der Waals surface area contributed by atoms with Crippen LogP contribution < -0.4 is 5.32 Å². The first kappa shape index (κ1) is 21.2. The smallest absolute Gasteiger partial charge is 0.408 e. The number of imide groups is 1. The van der Waals surface area contributed by atoms with Crippen LogP contribution in [-0.4, -0.2) is 52.1 Å². The van der Waals surface area contributed by atoms with E-state index in [0.717, 1.165) is 32.1 Å². The lowest BCUT2D eigenvalue weighted by Gasteiger charge is -2.32. The number of carbonyl (C=O) groups excluding carboxylic acids is 3. The molecule has 1 aliphatic heterocycles. The van der Waals surface area contributed by atoms with Crippen LogP contribution in [0.25, 0.3) is 0 Å². The Morgan fingerprint density at radius 1 is 1.22 bits per heavy atom. The molecular formula is C19H30N2O6. The van der Waals surface area contributed by atoms with Gasteiger partial charge in [-0.25, -0.2) is 4.79 Å². The number of likely N-dealkylation sites (tertiary alicyclic amines) is 1. The average Bonchev–Trinajstić information content (AvgIpc) is 2.85. The van der Waals surface area contributed by atoms with E-state index in [0.29, 0.717) is 13.0 Å². The van der Waals surface area contributed by atoms with Gasteiger partial charge in [-0.15, -0.1) is 0 Å². The number of rotatable bonds is 5. The first-order valence-corrected chi connectivity index (χ1v) is 9.57. The van der Waals surface area contributed by atoms with E-state index < -0.39 is 29.6 Å². The molecule has 0 aromatic carbocycles. The molecule has 27 heavy (non-hydrogen) atoms. The molecule has 0 aromatic rings. The van der Waals surface area contributed by atoms with Crippen LogP contribution in [0.15, 0.2) is 0 Å². The highest BCUT2D eigenvalue weighted by Crippen LogP contribution is 2.44. The number of amides is 3. The van der Waals surface area contributed by atoms with Gasteiger partial charge in [-0.2, -0.15) is 0 Å². The van der Waals surface area contributed by atoms with Crippen molar-refractivity contribution in [2.75, 3.05) is 6.54 Å². The van der Waals surface area contributed by atoms with Crippen molar-refractivity contribution in [2.24, 2.45) is 5.41 Å². The second kappa shape index (κ2) is 8.27. The highest BCUT2D eigenvalue weighted by molar-refractivity contribution is 6.00. The molecule has 2 N–H and O–H groups in total. The molecule has 1 heterocycles. The third kappa shape index (κ3) is 5.94. The van der Waals surface area contributed by atoms with E-state index in [1.807, 2.05) is 0 Å². The molecular weight excluding hydrogens is 352 g/mol. The Hall–Kier alpha value is -2.12. The zero-order chi connectivity index (χ0) is 20.2. The molecule has 1 spiro atoms. The fourth-order valence-corrected chi connectivity index (χ4v) is 3.90. The van der Waals surface area contributed by atoms with Gasteiger partial charge in [0.25, 0.3) is 5.91 Å². The standard InChI is InChI=1S/C19H30N2O6/c1-18(2,3)27-17(26)20-13(7-8-15(23)24)16(25)21-12-19(11-14(21)22)9-5-4-6-10-19/h13H,4-12H2,1-3H3,(H,20,26)(H,23,24). The fourth-order valence-electron chi connectivity index (χ4n) is 3.90. The first-order valence-electron chi connectivity index (χ1n) is 9.57. The molecule has 1 saturated heterocycles. The van der Waals surface area contributed by atoms with Crippen molar-refractivity contribution in [3.8, 4) is 0 Å². The van der Waals surface area contributed by atoms with Gasteiger partial charge in [0.1, 0.15) is 11.6 Å². The Morgan fingerprint density at radius 2 is 1.85 bits per heavy atom. The van der Waals surface area contributed by atoms with Gasteiger partial charge in [0.15, 0.2) is 0 Å². The lowest BCUT2D eigenvalue weighted by molar-refractivity contribution is -0.143. The van der Waals surface area contributed by atoms with Crippen LogP contribution in [0.4, 0.5) is 4.79 Å². The Labute approximate surface area is 159 Å². The van der Waals surface area contributed by atoms with Crippen LogP contribution in [0.5, 0.6) is 0 Å². The maximum atomic E-state index is 12.9. The molecule has 2 aliphatic rings. The highest BCUT2D eigenvalue weighted by atomic mass is 16.6. The van der Waals surface area contributed by atoms with E-state index in [4.69, 9.17) is 9.84 Å². The van der Waals surface area contributed by atoms with Crippen LogP contribution in [-0.2, 0) is 19.1 Å². The summed E-state index contributed by atoms with van der Waals surface area (Å²) in [5.74, 6) is -1.86. The lowest BCUT2D eigenvalue weighted by Crippen LogP contribution is -2.50. The molecule has 3 amide bonds. The molecule has 8 nitrogen and oxygen atoms in total. The third-order valence-electron chi connectivity index (χ3n) is 5.14. The molecule has 8 heteroatoms. The number of carboxylic acids is 1. The van der Waals surface area contributed by atoms with Gasteiger partial charge < -0.3 is 15.2 Å². The van der Waals surface area contributed by atoms with Crippen LogP contribution in [0.1, 0.15) is 72.1 Å². The van der Waals surface area contributed by atoms with Gasteiger partial charge in [-0.3, -0.25) is 19.3 Å². The van der Waals surface area contributed by atoms with E-state index in [-0.39, 0.29) is 24.2 Å². The number of nitrogens with one attached hydrogen (secondary N) is 1. The molecule has 1 saturated carbocycles. The van der Waals surface area contributed by atoms with Crippen LogP contribution in [0.3, 0.4) is 0 Å². The summed E-state index contributed by atoms with van der Waals surface area (Å²) in [4.78, 5) is 49.6. The maximum absolute atomic E-state index is 12.9. The molecule has 0 bridgehead atoms. The Bertz CT molecular complexity index is 604. The van der Waals surface area contributed by atoms with Crippen LogP contribution >= 0.6 is 0 Å². The number of alkyl carbamates (subject to hydrolysis) is 1. The second-order valence-electron chi connectivity index (χ2n) is 8.69. The summed E-state index contributed by atoms with van der Waals surface area (Å²) in [5, 5.41) is 11.4. The molecule has 2 fully saturated rings. The van der Waals surface area contributed by atoms with Gasteiger partial charge in [0.05, 0.1) is 0 Å². The molecule has 1 unspecified atom stereocenters. The molecule has 0 radical (unpaired) electrons. The SMILES string of the molecule is CC(C)(C)OC(=O)NC(CCC(=O)O)C(=O)N1CC2(CCCCC2)CC1=O. The summed E-state index contributed by atoms with van der Waals surface area (Å²) in [6, 6.07) is -1.10. The van der Waals surface area contributed by atoms with Crippen molar-refractivity contribution in [3.63, 3.8) is 0 Å². The molecule has 2 rings (SSSR count). The average molecular weight is 382 g/mol. The largest absolute Gasteiger partial charge is 0.481 e. The molecule has 0 aromatic heterocycles. The van der Waals surface area contributed by atoms with Gasteiger partial charge in [-0.05, 0) is 45.4 Å². The normalized spacial score (nSPS) is 20.4. The van der Waals surface area contributed by atoms with Gasteiger partial charge in [-0.1, -0.05) is 19.3 Å². The predicted molar refractivity (Wildman–Crippen MR) is 96.9 cm³/mol. The number of ether oxygens (including phenoxy) is 1. The summed E-state index contributed by atoms with van der Waals surface area (Å²) in [6.45, 7) is 5.43. The van der Waals surface area contributed by atoms with E-state index >= 15 is 0 Å².